The fourth-order valence-corrected chi connectivity index (χ4v) is 1.56. The Labute approximate surface area is 71.5 Å². The maximum absolute atomic E-state index is 10.8. The summed E-state index contributed by atoms with van der Waals surface area (Å²) in [4.78, 5) is 10.3. The van der Waals surface area contributed by atoms with Crippen molar-refractivity contribution in [3.05, 3.63) is 0 Å². The van der Waals surface area contributed by atoms with Crippen LogP contribution < -0.4 is 0 Å². The molecule has 0 N–H and O–H groups in total. The monoisotopic (exact) mass is 176 g/mol. The van der Waals surface area contributed by atoms with Gasteiger partial charge in [-0.1, -0.05) is 19.8 Å². The van der Waals surface area contributed by atoms with Crippen molar-refractivity contribution in [2.24, 2.45) is 0 Å². The first-order valence-electron chi connectivity index (χ1n) is 4.00. The molecule has 0 rings (SSSR count). The van der Waals surface area contributed by atoms with Crippen LogP contribution in [0.2, 0.25) is 0 Å². The number of carbonyl (C=O) groups excluding carboxylic acids is 1. The number of unbranched alkanes of at least 4 members (excludes halogenated alkanes) is 2. The summed E-state index contributed by atoms with van der Waals surface area (Å²) < 4.78 is 10.8. The first-order chi connectivity index (χ1) is 5.22. The number of hydrogen-bond acceptors (Lipinski definition) is 2. The van der Waals surface area contributed by atoms with E-state index in [1.54, 1.807) is 6.26 Å². The number of hydrogen-bond donors (Lipinski definition) is 0. The molecule has 0 radical (unpaired) electrons. The SMILES string of the molecule is CCCCCC(C=O)[S+](C)[O-]. The molecule has 0 aromatic heterocycles. The highest BCUT2D eigenvalue weighted by molar-refractivity contribution is 7.91. The molecule has 0 aliphatic carbocycles. The Morgan fingerprint density at radius 3 is 2.55 bits per heavy atom. The summed E-state index contributed by atoms with van der Waals surface area (Å²) >= 11 is -0.975. The predicted molar refractivity (Wildman–Crippen MR) is 48.1 cm³/mol. The Morgan fingerprint density at radius 2 is 2.18 bits per heavy atom. The standard InChI is InChI=1S/C8H16O2S/c1-3-4-5-6-8(7-9)11(2)10/h7-8H,3-6H2,1-2H3. The quantitative estimate of drug-likeness (QED) is 0.349. The molecule has 0 aromatic carbocycles. The zero-order valence-corrected chi connectivity index (χ0v) is 8.02. The molecule has 2 atom stereocenters. The van der Waals surface area contributed by atoms with E-state index < -0.39 is 11.2 Å². The average molecular weight is 176 g/mol. The van der Waals surface area contributed by atoms with Crippen LogP contribution in [0.3, 0.4) is 0 Å². The van der Waals surface area contributed by atoms with Crippen molar-refractivity contribution in [2.45, 2.75) is 37.9 Å². The van der Waals surface area contributed by atoms with Crippen molar-refractivity contribution in [1.29, 1.82) is 0 Å². The summed E-state index contributed by atoms with van der Waals surface area (Å²) in [5.74, 6) is 0. The van der Waals surface area contributed by atoms with Gasteiger partial charge in [0.15, 0.2) is 11.5 Å². The van der Waals surface area contributed by atoms with Gasteiger partial charge < -0.3 is 4.55 Å². The highest BCUT2D eigenvalue weighted by Gasteiger charge is 2.15. The Kier molecular flexibility index (Phi) is 6.66. The lowest BCUT2D eigenvalue weighted by Gasteiger charge is -2.11. The molecule has 0 aliphatic heterocycles. The van der Waals surface area contributed by atoms with Crippen molar-refractivity contribution in [2.75, 3.05) is 6.26 Å². The van der Waals surface area contributed by atoms with Crippen LogP contribution in [0.1, 0.15) is 32.6 Å². The summed E-state index contributed by atoms with van der Waals surface area (Å²) in [5, 5.41) is -0.235. The molecule has 0 heterocycles. The van der Waals surface area contributed by atoms with Crippen molar-refractivity contribution >= 4 is 17.5 Å². The molecule has 0 spiro atoms. The minimum absolute atomic E-state index is 0.235. The molecule has 0 saturated heterocycles. The average Bonchev–Trinajstić information content (AvgIpc) is 1.97. The summed E-state index contributed by atoms with van der Waals surface area (Å²) in [5.41, 5.74) is 0. The lowest BCUT2D eigenvalue weighted by molar-refractivity contribution is -0.107. The lowest BCUT2D eigenvalue weighted by Crippen LogP contribution is -2.21. The van der Waals surface area contributed by atoms with E-state index in [-0.39, 0.29) is 5.25 Å². The van der Waals surface area contributed by atoms with Gasteiger partial charge >= 0.3 is 0 Å². The van der Waals surface area contributed by atoms with Gasteiger partial charge in [0.05, 0.1) is 6.26 Å². The minimum atomic E-state index is -0.975. The second kappa shape index (κ2) is 6.68. The van der Waals surface area contributed by atoms with Gasteiger partial charge in [-0.2, -0.15) is 0 Å². The molecule has 2 unspecified atom stereocenters. The molecule has 2 nitrogen and oxygen atoms in total. The zero-order chi connectivity index (χ0) is 8.69. The molecule has 3 heteroatoms. The highest BCUT2D eigenvalue weighted by Crippen LogP contribution is 2.08. The van der Waals surface area contributed by atoms with E-state index >= 15 is 0 Å². The minimum Gasteiger partial charge on any atom is -0.616 e. The van der Waals surface area contributed by atoms with Crippen molar-refractivity contribution in [3.8, 4) is 0 Å². The van der Waals surface area contributed by atoms with Gasteiger partial charge in [0, 0.05) is 6.42 Å². The second-order valence-electron chi connectivity index (χ2n) is 2.67. The van der Waals surface area contributed by atoms with Crippen LogP contribution in [-0.2, 0) is 16.0 Å². The van der Waals surface area contributed by atoms with Gasteiger partial charge in [-0.25, -0.2) is 0 Å². The van der Waals surface area contributed by atoms with Crippen molar-refractivity contribution in [3.63, 3.8) is 0 Å². The number of rotatable bonds is 6. The molecule has 0 fully saturated rings. The third-order valence-corrected chi connectivity index (χ3v) is 2.87. The Hall–Kier alpha value is -0.0200. The van der Waals surface area contributed by atoms with Gasteiger partial charge in [-0.3, -0.25) is 4.79 Å². The maximum atomic E-state index is 10.8. The molecule has 0 saturated carbocycles. The van der Waals surface area contributed by atoms with E-state index in [9.17, 15) is 9.35 Å². The second-order valence-corrected chi connectivity index (χ2v) is 4.27. The Bertz CT molecular complexity index is 104. The van der Waals surface area contributed by atoms with E-state index in [0.29, 0.717) is 0 Å². The molecule has 0 bridgehead atoms. The summed E-state index contributed by atoms with van der Waals surface area (Å²) in [7, 11) is 0. The molecule has 0 amide bonds. The van der Waals surface area contributed by atoms with Gasteiger partial charge in [0.25, 0.3) is 0 Å². The summed E-state index contributed by atoms with van der Waals surface area (Å²) in [6.45, 7) is 2.11. The lowest BCUT2D eigenvalue weighted by atomic mass is 10.2. The van der Waals surface area contributed by atoms with E-state index in [0.717, 1.165) is 32.0 Å². The van der Waals surface area contributed by atoms with E-state index in [1.807, 2.05) is 0 Å². The maximum Gasteiger partial charge on any atom is 0.172 e. The van der Waals surface area contributed by atoms with Gasteiger partial charge in [0.1, 0.15) is 0 Å². The first-order valence-corrected chi connectivity index (χ1v) is 5.62. The van der Waals surface area contributed by atoms with E-state index in [4.69, 9.17) is 0 Å². The van der Waals surface area contributed by atoms with Crippen molar-refractivity contribution in [1.82, 2.24) is 0 Å². The van der Waals surface area contributed by atoms with Crippen LogP contribution in [0, 0.1) is 0 Å². The van der Waals surface area contributed by atoms with Gasteiger partial charge in [-0.15, -0.1) is 0 Å². The van der Waals surface area contributed by atoms with Crippen LogP contribution in [0.4, 0.5) is 0 Å². The fourth-order valence-electron chi connectivity index (χ4n) is 0.908. The smallest absolute Gasteiger partial charge is 0.172 e. The van der Waals surface area contributed by atoms with Crippen LogP contribution >= 0.6 is 0 Å². The van der Waals surface area contributed by atoms with Crippen LogP contribution in [0.15, 0.2) is 0 Å². The number of aldehydes is 1. The van der Waals surface area contributed by atoms with E-state index in [2.05, 4.69) is 6.92 Å². The molecule has 0 aliphatic rings. The number of carbonyl (C=O) groups is 1. The third kappa shape index (κ3) is 5.27. The van der Waals surface area contributed by atoms with Crippen molar-refractivity contribution < 1.29 is 9.35 Å². The fraction of sp³-hybridized carbons (Fsp3) is 0.875. The van der Waals surface area contributed by atoms with Crippen LogP contribution in [0.5, 0.6) is 0 Å². The molecule has 66 valence electrons. The largest absolute Gasteiger partial charge is 0.616 e. The Balaban J connectivity index is 3.44. The van der Waals surface area contributed by atoms with Crippen LogP contribution in [-0.4, -0.2) is 22.3 Å². The normalized spacial score (nSPS) is 15.9. The van der Waals surface area contributed by atoms with E-state index in [1.165, 1.54) is 0 Å². The predicted octanol–water partition coefficient (Wildman–Crippen LogP) is 1.51. The zero-order valence-electron chi connectivity index (χ0n) is 7.21. The Morgan fingerprint density at radius 1 is 1.55 bits per heavy atom. The van der Waals surface area contributed by atoms with Gasteiger partial charge in [-0.05, 0) is 17.6 Å². The third-order valence-electron chi connectivity index (χ3n) is 1.67. The van der Waals surface area contributed by atoms with Crippen LogP contribution in [0.25, 0.3) is 0 Å². The molecular formula is C8H16O2S. The topological polar surface area (TPSA) is 40.1 Å². The molecule has 0 aromatic rings. The van der Waals surface area contributed by atoms with Gasteiger partial charge in [0.2, 0.25) is 0 Å². The highest BCUT2D eigenvalue weighted by atomic mass is 32.2. The first kappa shape index (κ1) is 11.0. The molecular weight excluding hydrogens is 160 g/mol. The summed E-state index contributed by atoms with van der Waals surface area (Å²) in [6.07, 6.45) is 6.46. The summed E-state index contributed by atoms with van der Waals surface area (Å²) in [6, 6.07) is 0. The molecule has 11 heavy (non-hydrogen) atoms.